The Balaban J connectivity index is 0.931. The Bertz CT molecular complexity index is 3570. The summed E-state index contributed by atoms with van der Waals surface area (Å²) in [5.41, 5.74) is 13.1. The van der Waals surface area contributed by atoms with Gasteiger partial charge in [-0.2, -0.15) is 0 Å². The van der Waals surface area contributed by atoms with Crippen molar-refractivity contribution < 1.29 is 4.79 Å². The topological polar surface area (TPSA) is 26.9 Å². The minimum absolute atomic E-state index is 0.00155. The van der Waals surface area contributed by atoms with Crippen LogP contribution >= 0.6 is 0 Å². The third-order valence-corrected chi connectivity index (χ3v) is 13.7. The highest BCUT2D eigenvalue weighted by atomic mass is 16.1. The molecule has 10 aromatic carbocycles. The second-order valence-corrected chi connectivity index (χ2v) is 17.3. The van der Waals surface area contributed by atoms with Gasteiger partial charge >= 0.3 is 0 Å². The van der Waals surface area contributed by atoms with Gasteiger partial charge in [0.05, 0.1) is 22.1 Å². The normalized spacial score (nSPS) is 12.8. The summed E-state index contributed by atoms with van der Waals surface area (Å²) in [7, 11) is 0. The van der Waals surface area contributed by atoms with Crippen molar-refractivity contribution in [1.82, 2.24) is 9.13 Å². The molecule has 0 aliphatic rings. The molecule has 3 nitrogen and oxygen atoms in total. The molecule has 0 radical (unpaired) electrons. The van der Waals surface area contributed by atoms with Crippen molar-refractivity contribution >= 4 is 70.9 Å². The van der Waals surface area contributed by atoms with Crippen LogP contribution in [0, 0.1) is 0 Å². The van der Waals surface area contributed by atoms with Crippen LogP contribution < -0.4 is 0 Å². The summed E-state index contributed by atoms with van der Waals surface area (Å²) in [6.45, 7) is 4.65. The molecule has 2 atom stereocenters. The number of hydrogen-bond acceptors (Lipinski definition) is 1. The van der Waals surface area contributed by atoms with E-state index in [1.54, 1.807) is 0 Å². The second-order valence-electron chi connectivity index (χ2n) is 17.3. The van der Waals surface area contributed by atoms with Gasteiger partial charge in [-0.3, -0.25) is 4.79 Å². The number of benzene rings is 10. The Morgan fingerprint density at radius 2 is 0.703 bits per heavy atom. The van der Waals surface area contributed by atoms with E-state index in [1.165, 1.54) is 65.3 Å². The molecule has 0 fully saturated rings. The number of rotatable bonds is 8. The molecule has 0 bridgehead atoms. The lowest BCUT2D eigenvalue weighted by Crippen LogP contribution is -2.03. The standard InChI is InChI=1S/C61H44N2O/c1-39(49-21-11-15-41-13-3-5-17-51(41)49)45-29-35-59-55(37-45)56-38-46(40(2)50-22-12-16-42-14-4-6-18-52(42)50)30-36-60(56)63(59)48-33-27-44(28-34-48)61(64)43-25-31-47(32-26-43)62-57-23-9-7-19-53(57)54-20-8-10-24-58(54)62/h3-40H,1-2H3. The summed E-state index contributed by atoms with van der Waals surface area (Å²) in [5.74, 6) is 0.378. The number of aromatic nitrogens is 2. The molecular formula is C61H44N2O. The van der Waals surface area contributed by atoms with Crippen LogP contribution in [0.3, 0.4) is 0 Å². The number of fused-ring (bicyclic) bond motifs is 8. The molecule has 2 heterocycles. The molecule has 304 valence electrons. The Hall–Kier alpha value is -8.01. The zero-order valence-electron chi connectivity index (χ0n) is 35.7. The zero-order chi connectivity index (χ0) is 42.9. The van der Waals surface area contributed by atoms with E-state index in [9.17, 15) is 4.79 Å². The summed E-state index contributed by atoms with van der Waals surface area (Å²) < 4.78 is 4.64. The van der Waals surface area contributed by atoms with E-state index in [0.29, 0.717) is 11.1 Å². The highest BCUT2D eigenvalue weighted by Crippen LogP contribution is 2.40. The Morgan fingerprint density at radius 3 is 1.14 bits per heavy atom. The fraction of sp³-hybridized carbons (Fsp3) is 0.0656. The summed E-state index contributed by atoms with van der Waals surface area (Å²) in [6, 6.07) is 77.8. The van der Waals surface area contributed by atoms with Gasteiger partial charge in [-0.05, 0) is 129 Å². The van der Waals surface area contributed by atoms with Crippen LogP contribution in [0.1, 0.15) is 63.9 Å². The van der Waals surface area contributed by atoms with Gasteiger partial charge in [-0.15, -0.1) is 0 Å². The van der Waals surface area contributed by atoms with E-state index in [2.05, 4.69) is 217 Å². The second kappa shape index (κ2) is 15.1. The molecule has 2 unspecified atom stereocenters. The van der Waals surface area contributed by atoms with Crippen molar-refractivity contribution in [1.29, 1.82) is 0 Å². The van der Waals surface area contributed by atoms with Crippen molar-refractivity contribution in [3.63, 3.8) is 0 Å². The molecule has 0 saturated carbocycles. The fourth-order valence-corrected chi connectivity index (χ4v) is 10.4. The van der Waals surface area contributed by atoms with Crippen LogP contribution in [0.4, 0.5) is 0 Å². The molecule has 0 aliphatic carbocycles. The summed E-state index contributed by atoms with van der Waals surface area (Å²) in [5, 5.41) is 9.97. The van der Waals surface area contributed by atoms with Crippen molar-refractivity contribution in [3.8, 4) is 11.4 Å². The minimum atomic E-state index is 0.00155. The molecule has 64 heavy (non-hydrogen) atoms. The average molecular weight is 821 g/mol. The van der Waals surface area contributed by atoms with Crippen LogP contribution in [0.5, 0.6) is 0 Å². The van der Waals surface area contributed by atoms with Gasteiger partial charge in [-0.25, -0.2) is 0 Å². The maximum Gasteiger partial charge on any atom is 0.193 e. The lowest BCUT2D eigenvalue weighted by atomic mass is 9.87. The summed E-state index contributed by atoms with van der Waals surface area (Å²) >= 11 is 0. The molecule has 0 amide bonds. The number of carbonyl (C=O) groups is 1. The summed E-state index contributed by atoms with van der Waals surface area (Å²) in [6.07, 6.45) is 0. The lowest BCUT2D eigenvalue weighted by Gasteiger charge is -2.16. The zero-order valence-corrected chi connectivity index (χ0v) is 35.7. The molecule has 12 rings (SSSR count). The van der Waals surface area contributed by atoms with Crippen molar-refractivity contribution in [2.45, 2.75) is 25.7 Å². The molecule has 0 N–H and O–H groups in total. The first-order chi connectivity index (χ1) is 31.5. The smallest absolute Gasteiger partial charge is 0.193 e. The first-order valence-corrected chi connectivity index (χ1v) is 22.3. The minimum Gasteiger partial charge on any atom is -0.309 e. The Morgan fingerprint density at radius 1 is 0.344 bits per heavy atom. The number of hydrogen-bond donors (Lipinski definition) is 0. The van der Waals surface area contributed by atoms with Gasteiger partial charge < -0.3 is 9.13 Å². The van der Waals surface area contributed by atoms with Gasteiger partial charge in [0.2, 0.25) is 0 Å². The van der Waals surface area contributed by atoms with E-state index in [0.717, 1.165) is 33.4 Å². The third kappa shape index (κ3) is 6.07. The highest BCUT2D eigenvalue weighted by Gasteiger charge is 2.20. The molecule has 12 aromatic rings. The average Bonchev–Trinajstić information content (AvgIpc) is 3.87. The van der Waals surface area contributed by atoms with Gasteiger partial charge in [0.15, 0.2) is 5.78 Å². The van der Waals surface area contributed by atoms with Crippen molar-refractivity contribution in [3.05, 3.63) is 252 Å². The van der Waals surface area contributed by atoms with Gasteiger partial charge in [0, 0.05) is 55.9 Å². The monoisotopic (exact) mass is 820 g/mol. The van der Waals surface area contributed by atoms with E-state index >= 15 is 0 Å². The van der Waals surface area contributed by atoms with Gasteiger partial charge in [0.1, 0.15) is 0 Å². The third-order valence-electron chi connectivity index (χ3n) is 13.7. The maximum atomic E-state index is 14.1. The SMILES string of the molecule is CC(c1ccc2c(c1)c1cc(C(C)c3cccc4ccccc34)ccc1n2-c1ccc(C(=O)c2ccc(-n3c4ccccc4c4ccccc43)cc2)cc1)c1cccc2ccccc12. The molecular weight excluding hydrogens is 777 g/mol. The summed E-state index contributed by atoms with van der Waals surface area (Å²) in [4.78, 5) is 14.1. The molecule has 0 spiro atoms. The first kappa shape index (κ1) is 37.7. The molecule has 3 heteroatoms. The van der Waals surface area contributed by atoms with Crippen LogP contribution in [-0.2, 0) is 0 Å². The van der Waals surface area contributed by atoms with Crippen molar-refractivity contribution in [2.75, 3.05) is 0 Å². The van der Waals surface area contributed by atoms with E-state index in [-0.39, 0.29) is 17.6 Å². The molecule has 2 aromatic heterocycles. The number of ketones is 1. The van der Waals surface area contributed by atoms with E-state index in [1.807, 2.05) is 24.3 Å². The predicted molar refractivity (Wildman–Crippen MR) is 268 cm³/mol. The van der Waals surface area contributed by atoms with Gasteiger partial charge in [-0.1, -0.05) is 147 Å². The van der Waals surface area contributed by atoms with Crippen LogP contribution in [0.15, 0.2) is 218 Å². The maximum absolute atomic E-state index is 14.1. The van der Waals surface area contributed by atoms with Crippen LogP contribution in [0.25, 0.3) is 76.5 Å². The highest BCUT2D eigenvalue weighted by molar-refractivity contribution is 6.12. The van der Waals surface area contributed by atoms with E-state index in [4.69, 9.17) is 0 Å². The fourth-order valence-electron chi connectivity index (χ4n) is 10.4. The van der Waals surface area contributed by atoms with Gasteiger partial charge in [0.25, 0.3) is 0 Å². The Kier molecular flexibility index (Phi) is 8.91. The van der Waals surface area contributed by atoms with Crippen LogP contribution in [-0.4, -0.2) is 14.9 Å². The molecule has 0 aliphatic heterocycles. The first-order valence-electron chi connectivity index (χ1n) is 22.3. The number of nitrogens with zero attached hydrogens (tertiary/aromatic N) is 2. The predicted octanol–water partition coefficient (Wildman–Crippen LogP) is 15.7. The lowest BCUT2D eigenvalue weighted by molar-refractivity contribution is 0.103. The Labute approximate surface area is 372 Å². The number of carbonyl (C=O) groups excluding carboxylic acids is 1. The quantitative estimate of drug-likeness (QED) is 0.140. The number of para-hydroxylation sites is 2. The van der Waals surface area contributed by atoms with Crippen LogP contribution in [0.2, 0.25) is 0 Å². The van der Waals surface area contributed by atoms with Crippen molar-refractivity contribution in [2.24, 2.45) is 0 Å². The largest absolute Gasteiger partial charge is 0.309 e. The van der Waals surface area contributed by atoms with E-state index < -0.39 is 0 Å². The molecule has 0 saturated heterocycles.